The molecule has 20 heavy (non-hydrogen) atoms. The fourth-order valence-corrected chi connectivity index (χ4v) is 3.96. The number of rotatable bonds is 3. The van der Waals surface area contributed by atoms with Gasteiger partial charge in [0.1, 0.15) is 4.90 Å². The maximum Gasteiger partial charge on any atom is 0.242 e. The minimum absolute atomic E-state index is 0.00258. The van der Waals surface area contributed by atoms with Crippen molar-refractivity contribution in [2.24, 2.45) is 0 Å². The molecule has 1 heterocycles. The Morgan fingerprint density at radius 2 is 1.75 bits per heavy atom. The lowest BCUT2D eigenvalue weighted by molar-refractivity contribution is 0.248. The van der Waals surface area contributed by atoms with E-state index in [2.05, 4.69) is 9.62 Å². The molecule has 0 aliphatic carbocycles. The Labute approximate surface area is 121 Å². The molecule has 1 aromatic carbocycles. The topological polar surface area (TPSA) is 75.4 Å². The molecule has 0 bridgehead atoms. The fourth-order valence-electron chi connectivity index (χ4n) is 2.45. The summed E-state index contributed by atoms with van der Waals surface area (Å²) in [5.74, 6) is 0. The average molecular weight is 297 g/mol. The zero-order chi connectivity index (χ0) is 14.9. The molecule has 0 saturated carbocycles. The summed E-state index contributed by atoms with van der Waals surface area (Å²) >= 11 is 0. The average Bonchev–Trinajstić information content (AvgIpc) is 2.36. The predicted molar refractivity (Wildman–Crippen MR) is 81.2 cm³/mol. The van der Waals surface area contributed by atoms with Gasteiger partial charge in [0.05, 0.1) is 5.69 Å². The minimum Gasteiger partial charge on any atom is -0.398 e. The molecule has 0 radical (unpaired) electrons. The summed E-state index contributed by atoms with van der Waals surface area (Å²) in [5.41, 5.74) is 8.12. The molecule has 2 rings (SSSR count). The van der Waals surface area contributed by atoms with Crippen LogP contribution in [0.4, 0.5) is 5.69 Å². The summed E-state index contributed by atoms with van der Waals surface area (Å²) in [5, 5.41) is 0. The second kappa shape index (κ2) is 5.71. The quantitative estimate of drug-likeness (QED) is 0.824. The van der Waals surface area contributed by atoms with Crippen LogP contribution in [0.25, 0.3) is 0 Å². The van der Waals surface area contributed by atoms with Crippen molar-refractivity contribution in [1.29, 1.82) is 0 Å². The first kappa shape index (κ1) is 15.3. The maximum absolute atomic E-state index is 12.5. The first-order chi connectivity index (χ1) is 9.29. The van der Waals surface area contributed by atoms with Crippen molar-refractivity contribution in [2.75, 3.05) is 25.9 Å². The Morgan fingerprint density at radius 3 is 2.35 bits per heavy atom. The largest absolute Gasteiger partial charge is 0.398 e. The van der Waals surface area contributed by atoms with Crippen LogP contribution in [-0.4, -0.2) is 39.5 Å². The van der Waals surface area contributed by atoms with E-state index in [0.717, 1.165) is 37.1 Å². The van der Waals surface area contributed by atoms with Gasteiger partial charge in [0, 0.05) is 6.04 Å². The van der Waals surface area contributed by atoms with Gasteiger partial charge in [0.25, 0.3) is 0 Å². The van der Waals surface area contributed by atoms with E-state index in [4.69, 9.17) is 5.73 Å². The van der Waals surface area contributed by atoms with E-state index < -0.39 is 10.0 Å². The number of likely N-dealkylation sites (tertiary alicyclic amines) is 1. The van der Waals surface area contributed by atoms with Gasteiger partial charge in [-0.1, -0.05) is 0 Å². The highest BCUT2D eigenvalue weighted by molar-refractivity contribution is 7.89. The van der Waals surface area contributed by atoms with Crippen LogP contribution < -0.4 is 10.5 Å². The second-order valence-corrected chi connectivity index (χ2v) is 7.36. The molecule has 1 aliphatic heterocycles. The van der Waals surface area contributed by atoms with Crippen LogP contribution in [-0.2, 0) is 10.0 Å². The van der Waals surface area contributed by atoms with Crippen molar-refractivity contribution in [3.63, 3.8) is 0 Å². The number of hydrogen-bond donors (Lipinski definition) is 2. The highest BCUT2D eigenvalue weighted by Gasteiger charge is 2.25. The molecule has 1 fully saturated rings. The molecule has 1 saturated heterocycles. The molecule has 0 unspecified atom stereocenters. The standard InChI is InChI=1S/C14H23N3O2S/c1-10-8-13(15)14(9-11(10)2)20(18,19)16-12-4-6-17(3)7-5-12/h8-9,12,16H,4-7,15H2,1-3H3. The Morgan fingerprint density at radius 1 is 1.20 bits per heavy atom. The van der Waals surface area contributed by atoms with Crippen molar-refractivity contribution in [2.45, 2.75) is 37.6 Å². The lowest BCUT2D eigenvalue weighted by atomic mass is 10.1. The molecule has 112 valence electrons. The third kappa shape index (κ3) is 3.31. The first-order valence-corrected chi connectivity index (χ1v) is 8.35. The lowest BCUT2D eigenvalue weighted by Gasteiger charge is -2.29. The molecule has 0 amide bonds. The summed E-state index contributed by atoms with van der Waals surface area (Å²) in [6, 6.07) is 3.37. The van der Waals surface area contributed by atoms with Crippen LogP contribution in [0.2, 0.25) is 0 Å². The van der Waals surface area contributed by atoms with Gasteiger partial charge in [-0.25, -0.2) is 13.1 Å². The number of nitrogens with one attached hydrogen (secondary N) is 1. The lowest BCUT2D eigenvalue weighted by Crippen LogP contribution is -2.43. The fraction of sp³-hybridized carbons (Fsp3) is 0.571. The number of aryl methyl sites for hydroxylation is 2. The SMILES string of the molecule is Cc1cc(N)c(S(=O)(=O)NC2CCN(C)CC2)cc1C. The van der Waals surface area contributed by atoms with Crippen molar-refractivity contribution < 1.29 is 8.42 Å². The summed E-state index contributed by atoms with van der Waals surface area (Å²) < 4.78 is 27.7. The van der Waals surface area contributed by atoms with Gasteiger partial charge in [-0.2, -0.15) is 0 Å². The van der Waals surface area contributed by atoms with Gasteiger partial charge in [0.15, 0.2) is 0 Å². The van der Waals surface area contributed by atoms with E-state index in [0.29, 0.717) is 5.69 Å². The third-order valence-electron chi connectivity index (χ3n) is 3.96. The molecule has 0 atom stereocenters. The highest BCUT2D eigenvalue weighted by atomic mass is 32.2. The molecule has 0 spiro atoms. The molecular formula is C14H23N3O2S. The number of anilines is 1. The first-order valence-electron chi connectivity index (χ1n) is 6.87. The van der Waals surface area contributed by atoms with Crippen LogP contribution in [0.1, 0.15) is 24.0 Å². The van der Waals surface area contributed by atoms with Gasteiger partial charge < -0.3 is 10.6 Å². The zero-order valence-corrected chi connectivity index (χ0v) is 13.1. The number of nitrogens with zero attached hydrogens (tertiary/aromatic N) is 1. The van der Waals surface area contributed by atoms with E-state index in [9.17, 15) is 8.42 Å². The van der Waals surface area contributed by atoms with E-state index in [1.54, 1.807) is 12.1 Å². The van der Waals surface area contributed by atoms with Crippen molar-refractivity contribution in [3.8, 4) is 0 Å². The van der Waals surface area contributed by atoms with Gasteiger partial charge in [-0.3, -0.25) is 0 Å². The van der Waals surface area contributed by atoms with Gasteiger partial charge in [0.2, 0.25) is 10.0 Å². The molecule has 0 aromatic heterocycles. The molecule has 3 N–H and O–H groups in total. The summed E-state index contributed by atoms with van der Waals surface area (Å²) in [4.78, 5) is 2.40. The van der Waals surface area contributed by atoms with Crippen LogP contribution >= 0.6 is 0 Å². The number of nitrogen functional groups attached to an aromatic ring is 1. The Bertz CT molecular complexity index is 591. The van der Waals surface area contributed by atoms with Crippen LogP contribution in [0.5, 0.6) is 0 Å². The normalized spacial score (nSPS) is 18.4. The zero-order valence-electron chi connectivity index (χ0n) is 12.3. The van der Waals surface area contributed by atoms with Gasteiger partial charge >= 0.3 is 0 Å². The predicted octanol–water partition coefficient (Wildman–Crippen LogP) is 1.26. The second-order valence-electron chi connectivity index (χ2n) is 5.67. The summed E-state index contributed by atoms with van der Waals surface area (Å²) in [6.45, 7) is 5.64. The Balaban J connectivity index is 2.20. The number of nitrogens with two attached hydrogens (primary N) is 1. The summed E-state index contributed by atoms with van der Waals surface area (Å²) in [6.07, 6.45) is 1.67. The molecule has 6 heteroatoms. The molecule has 1 aliphatic rings. The third-order valence-corrected chi connectivity index (χ3v) is 5.53. The monoisotopic (exact) mass is 297 g/mol. The Kier molecular flexibility index (Phi) is 4.36. The molecule has 1 aromatic rings. The number of benzene rings is 1. The van der Waals surface area contributed by atoms with Gasteiger partial charge in [-0.15, -0.1) is 0 Å². The van der Waals surface area contributed by atoms with E-state index in [1.165, 1.54) is 0 Å². The minimum atomic E-state index is -3.54. The number of piperidine rings is 1. The molecule has 5 nitrogen and oxygen atoms in total. The van der Waals surface area contributed by atoms with Crippen molar-refractivity contribution in [1.82, 2.24) is 9.62 Å². The van der Waals surface area contributed by atoms with E-state index in [1.807, 2.05) is 20.9 Å². The Hall–Kier alpha value is -1.11. The van der Waals surface area contributed by atoms with Gasteiger partial charge in [-0.05, 0) is 70.1 Å². The number of sulfonamides is 1. The molecular weight excluding hydrogens is 274 g/mol. The smallest absolute Gasteiger partial charge is 0.242 e. The van der Waals surface area contributed by atoms with Crippen LogP contribution in [0, 0.1) is 13.8 Å². The highest BCUT2D eigenvalue weighted by Crippen LogP contribution is 2.23. The van der Waals surface area contributed by atoms with Crippen LogP contribution in [0.3, 0.4) is 0 Å². The number of hydrogen-bond acceptors (Lipinski definition) is 4. The summed E-state index contributed by atoms with van der Waals surface area (Å²) in [7, 11) is -1.49. The van der Waals surface area contributed by atoms with Crippen molar-refractivity contribution in [3.05, 3.63) is 23.3 Å². The van der Waals surface area contributed by atoms with Crippen molar-refractivity contribution >= 4 is 15.7 Å². The van der Waals surface area contributed by atoms with E-state index in [-0.39, 0.29) is 10.9 Å². The van der Waals surface area contributed by atoms with E-state index >= 15 is 0 Å². The maximum atomic E-state index is 12.5. The van der Waals surface area contributed by atoms with Crippen LogP contribution in [0.15, 0.2) is 17.0 Å².